The Morgan fingerprint density at radius 1 is 1.08 bits per heavy atom. The van der Waals surface area contributed by atoms with Gasteiger partial charge in [0.05, 0.1) is 5.69 Å². The van der Waals surface area contributed by atoms with Crippen LogP contribution in [0.3, 0.4) is 0 Å². The first-order valence-electron chi connectivity index (χ1n) is 8.21. The van der Waals surface area contributed by atoms with Crippen LogP contribution in [0.5, 0.6) is 0 Å². The topological polar surface area (TPSA) is 38.1 Å². The molecule has 0 aliphatic heterocycles. The summed E-state index contributed by atoms with van der Waals surface area (Å²) in [5.74, 6) is -0.316. The number of carbonyl (C=O) groups excluding carboxylic acids is 1. The third-order valence-electron chi connectivity index (χ3n) is 3.90. The Bertz CT molecular complexity index is 841. The van der Waals surface area contributed by atoms with Crippen LogP contribution in [0.25, 0.3) is 11.3 Å². The van der Waals surface area contributed by atoms with Crippen molar-refractivity contribution in [3.05, 3.63) is 72.7 Å². The molecule has 0 unspecified atom stereocenters. The molecule has 0 saturated carbocycles. The molecule has 1 heterocycles. The minimum atomic E-state index is -0.284. The zero-order valence-corrected chi connectivity index (χ0v) is 14.3. The van der Waals surface area contributed by atoms with Crippen molar-refractivity contribution in [2.75, 3.05) is 4.90 Å². The monoisotopic (exact) mass is 337 g/mol. The number of para-hydroxylation sites is 1. The van der Waals surface area contributed by atoms with Gasteiger partial charge in [0.2, 0.25) is 5.91 Å². The Balaban J connectivity index is 1.77. The number of rotatable bonds is 5. The quantitative estimate of drug-likeness (QED) is 0.702. The predicted octanol–water partition coefficient (Wildman–Crippen LogP) is 4.13. The largest absolute Gasteiger partial charge is 0.308 e. The van der Waals surface area contributed by atoms with Gasteiger partial charge in [-0.3, -0.25) is 9.48 Å². The molecule has 5 heteroatoms. The van der Waals surface area contributed by atoms with E-state index in [0.717, 1.165) is 11.3 Å². The summed E-state index contributed by atoms with van der Waals surface area (Å²) in [5, 5.41) is 4.43. The number of amides is 1. The van der Waals surface area contributed by atoms with E-state index in [4.69, 9.17) is 0 Å². The van der Waals surface area contributed by atoms with Crippen LogP contribution in [-0.2, 0) is 11.3 Å². The second-order valence-corrected chi connectivity index (χ2v) is 6.10. The van der Waals surface area contributed by atoms with Crippen LogP contribution in [0.15, 0.2) is 66.9 Å². The van der Waals surface area contributed by atoms with Gasteiger partial charge in [-0.1, -0.05) is 18.2 Å². The average Bonchev–Trinajstić information content (AvgIpc) is 3.04. The molecule has 0 radical (unpaired) electrons. The molecule has 0 spiro atoms. The van der Waals surface area contributed by atoms with Crippen LogP contribution in [0, 0.1) is 5.82 Å². The number of carbonyl (C=O) groups is 1. The van der Waals surface area contributed by atoms with Crippen molar-refractivity contribution >= 4 is 11.6 Å². The normalized spacial score (nSPS) is 10.9. The fraction of sp³-hybridized carbons (Fsp3) is 0.200. The summed E-state index contributed by atoms with van der Waals surface area (Å²) in [6.45, 7) is 4.12. The zero-order valence-electron chi connectivity index (χ0n) is 14.3. The molecule has 3 aromatic rings. The standard InChI is InChI=1S/C20H20FN3O/c1-15(2)24(18-6-4-3-5-7-18)20(25)14-23-13-12-19(22-23)16-8-10-17(21)11-9-16/h3-13,15H,14H2,1-2H3. The Kier molecular flexibility index (Phi) is 4.93. The summed E-state index contributed by atoms with van der Waals surface area (Å²) < 4.78 is 14.6. The molecule has 3 rings (SSSR count). The number of hydrogen-bond donors (Lipinski definition) is 0. The van der Waals surface area contributed by atoms with E-state index >= 15 is 0 Å². The molecular formula is C20H20FN3O. The van der Waals surface area contributed by atoms with Crippen molar-refractivity contribution in [1.29, 1.82) is 0 Å². The number of halogens is 1. The van der Waals surface area contributed by atoms with E-state index in [2.05, 4.69) is 5.10 Å². The molecule has 0 fully saturated rings. The van der Waals surface area contributed by atoms with Gasteiger partial charge in [0, 0.05) is 23.5 Å². The summed E-state index contributed by atoms with van der Waals surface area (Å²) >= 11 is 0. The molecule has 0 N–H and O–H groups in total. The first-order valence-corrected chi connectivity index (χ1v) is 8.21. The third kappa shape index (κ3) is 3.94. The molecule has 0 atom stereocenters. The van der Waals surface area contributed by atoms with Crippen LogP contribution in [0.4, 0.5) is 10.1 Å². The second kappa shape index (κ2) is 7.30. The number of aromatic nitrogens is 2. The van der Waals surface area contributed by atoms with Crippen LogP contribution < -0.4 is 4.90 Å². The first-order chi connectivity index (χ1) is 12.0. The molecule has 4 nitrogen and oxygen atoms in total. The first kappa shape index (κ1) is 16.9. The van der Waals surface area contributed by atoms with Crippen LogP contribution in [0.1, 0.15) is 13.8 Å². The summed E-state index contributed by atoms with van der Waals surface area (Å²) in [6, 6.07) is 17.6. The lowest BCUT2D eigenvalue weighted by Gasteiger charge is -2.26. The van der Waals surface area contributed by atoms with Crippen molar-refractivity contribution in [2.45, 2.75) is 26.4 Å². The van der Waals surface area contributed by atoms with Gasteiger partial charge in [-0.2, -0.15) is 5.10 Å². The van der Waals surface area contributed by atoms with E-state index in [0.29, 0.717) is 5.69 Å². The Hall–Kier alpha value is -2.95. The molecule has 1 amide bonds. The number of anilines is 1. The lowest BCUT2D eigenvalue weighted by molar-refractivity contribution is -0.119. The van der Waals surface area contributed by atoms with E-state index in [9.17, 15) is 9.18 Å². The molecule has 0 saturated heterocycles. The zero-order chi connectivity index (χ0) is 17.8. The SMILES string of the molecule is CC(C)N(C(=O)Cn1ccc(-c2ccc(F)cc2)n1)c1ccccc1. The van der Waals surface area contributed by atoms with Crippen molar-refractivity contribution in [2.24, 2.45) is 0 Å². The lowest BCUT2D eigenvalue weighted by atomic mass is 10.1. The number of hydrogen-bond acceptors (Lipinski definition) is 2. The fourth-order valence-electron chi connectivity index (χ4n) is 2.76. The molecule has 2 aromatic carbocycles. The van der Waals surface area contributed by atoms with E-state index < -0.39 is 0 Å². The molecule has 0 bridgehead atoms. The van der Waals surface area contributed by atoms with Gasteiger partial charge in [0.1, 0.15) is 12.4 Å². The smallest absolute Gasteiger partial charge is 0.248 e. The highest BCUT2D eigenvalue weighted by atomic mass is 19.1. The molecule has 0 aliphatic rings. The van der Waals surface area contributed by atoms with Crippen molar-refractivity contribution < 1.29 is 9.18 Å². The van der Waals surface area contributed by atoms with Crippen LogP contribution >= 0.6 is 0 Å². The highest BCUT2D eigenvalue weighted by Gasteiger charge is 2.19. The summed E-state index contributed by atoms with van der Waals surface area (Å²) in [6.07, 6.45) is 1.76. The second-order valence-electron chi connectivity index (χ2n) is 6.10. The molecule has 1 aromatic heterocycles. The van der Waals surface area contributed by atoms with E-state index in [1.807, 2.05) is 50.2 Å². The number of nitrogens with zero attached hydrogens (tertiary/aromatic N) is 3. The fourth-order valence-corrected chi connectivity index (χ4v) is 2.76. The van der Waals surface area contributed by atoms with E-state index in [-0.39, 0.29) is 24.3 Å². The molecular weight excluding hydrogens is 317 g/mol. The van der Waals surface area contributed by atoms with Crippen molar-refractivity contribution in [3.63, 3.8) is 0 Å². The summed E-state index contributed by atoms with van der Waals surface area (Å²) in [4.78, 5) is 14.5. The Morgan fingerprint density at radius 3 is 2.40 bits per heavy atom. The van der Waals surface area contributed by atoms with Gasteiger partial charge in [0.25, 0.3) is 0 Å². The van der Waals surface area contributed by atoms with E-state index in [1.54, 1.807) is 27.9 Å². The highest BCUT2D eigenvalue weighted by molar-refractivity contribution is 5.93. The van der Waals surface area contributed by atoms with Crippen molar-refractivity contribution in [1.82, 2.24) is 9.78 Å². The lowest BCUT2D eigenvalue weighted by Crippen LogP contribution is -2.39. The Morgan fingerprint density at radius 2 is 1.76 bits per heavy atom. The highest BCUT2D eigenvalue weighted by Crippen LogP contribution is 2.19. The molecule has 0 aliphatic carbocycles. The number of benzene rings is 2. The predicted molar refractivity (Wildman–Crippen MR) is 96.7 cm³/mol. The average molecular weight is 337 g/mol. The Labute approximate surface area is 146 Å². The van der Waals surface area contributed by atoms with Gasteiger partial charge in [-0.25, -0.2) is 4.39 Å². The van der Waals surface area contributed by atoms with Gasteiger partial charge in [-0.05, 0) is 56.3 Å². The van der Waals surface area contributed by atoms with Gasteiger partial charge in [0.15, 0.2) is 0 Å². The maximum Gasteiger partial charge on any atom is 0.248 e. The maximum absolute atomic E-state index is 13.0. The van der Waals surface area contributed by atoms with Crippen LogP contribution in [0.2, 0.25) is 0 Å². The molecule has 25 heavy (non-hydrogen) atoms. The van der Waals surface area contributed by atoms with Crippen molar-refractivity contribution in [3.8, 4) is 11.3 Å². The maximum atomic E-state index is 13.0. The van der Waals surface area contributed by atoms with Gasteiger partial charge < -0.3 is 4.90 Å². The minimum Gasteiger partial charge on any atom is -0.308 e. The van der Waals surface area contributed by atoms with Gasteiger partial charge in [-0.15, -0.1) is 0 Å². The van der Waals surface area contributed by atoms with E-state index in [1.165, 1.54) is 12.1 Å². The third-order valence-corrected chi connectivity index (χ3v) is 3.90. The summed E-state index contributed by atoms with van der Waals surface area (Å²) in [7, 11) is 0. The summed E-state index contributed by atoms with van der Waals surface area (Å²) in [5.41, 5.74) is 2.40. The minimum absolute atomic E-state index is 0.0324. The van der Waals surface area contributed by atoms with Crippen LogP contribution in [-0.4, -0.2) is 21.7 Å². The molecule has 128 valence electrons. The van der Waals surface area contributed by atoms with Gasteiger partial charge >= 0.3 is 0 Å².